The fourth-order valence-corrected chi connectivity index (χ4v) is 3.70. The first kappa shape index (κ1) is 16.5. The summed E-state index contributed by atoms with van der Waals surface area (Å²) in [4.78, 5) is 0. The quantitative estimate of drug-likeness (QED) is 0.650. The van der Waals surface area contributed by atoms with Crippen LogP contribution in [0, 0.1) is 11.3 Å². The third-order valence-corrected chi connectivity index (χ3v) is 5.22. The summed E-state index contributed by atoms with van der Waals surface area (Å²) >= 11 is 0. The monoisotopic (exact) mass is 288 g/mol. The van der Waals surface area contributed by atoms with Gasteiger partial charge in [-0.25, -0.2) is 0 Å². The zero-order chi connectivity index (χ0) is 15.5. The largest absolute Gasteiger partial charge is 0.374 e. The zero-order valence-electron chi connectivity index (χ0n) is 14.5. The van der Waals surface area contributed by atoms with Crippen LogP contribution in [0.2, 0.25) is 0 Å². The van der Waals surface area contributed by atoms with Gasteiger partial charge in [0.15, 0.2) is 0 Å². The molecule has 0 N–H and O–H groups in total. The van der Waals surface area contributed by atoms with Crippen molar-refractivity contribution in [3.05, 3.63) is 35.4 Å². The van der Waals surface area contributed by atoms with Gasteiger partial charge in [-0.1, -0.05) is 45.0 Å². The van der Waals surface area contributed by atoms with Crippen LogP contribution < -0.4 is 0 Å². The lowest BCUT2D eigenvalue weighted by molar-refractivity contribution is 0.0763. The number of benzene rings is 1. The van der Waals surface area contributed by atoms with Gasteiger partial charge in [-0.3, -0.25) is 0 Å². The molecule has 1 heteroatoms. The highest BCUT2D eigenvalue weighted by molar-refractivity contribution is 5.28. The average molecular weight is 288 g/mol. The molecule has 1 aromatic carbocycles. The predicted octanol–water partition coefficient (Wildman–Crippen LogP) is 6.10. The van der Waals surface area contributed by atoms with Crippen molar-refractivity contribution >= 4 is 0 Å². The maximum absolute atomic E-state index is 5.73. The number of rotatable bonds is 4. The molecular weight excluding hydrogens is 256 g/mol. The second-order valence-corrected chi connectivity index (χ2v) is 7.68. The molecule has 21 heavy (non-hydrogen) atoms. The third-order valence-electron chi connectivity index (χ3n) is 5.22. The van der Waals surface area contributed by atoms with E-state index in [4.69, 9.17) is 4.74 Å². The van der Waals surface area contributed by atoms with Gasteiger partial charge in [0, 0.05) is 6.61 Å². The van der Waals surface area contributed by atoms with Crippen LogP contribution in [0.15, 0.2) is 24.3 Å². The molecule has 118 valence electrons. The summed E-state index contributed by atoms with van der Waals surface area (Å²) in [6.07, 6.45) is 5.64. The van der Waals surface area contributed by atoms with Crippen LogP contribution in [0.3, 0.4) is 0 Å². The van der Waals surface area contributed by atoms with Crippen LogP contribution in [-0.2, 0) is 4.74 Å². The standard InChI is InChI=1S/C20H32O/c1-6-21-15(2)17-8-7-9-18(14-17)16-10-12-19(13-11-16)20(3,4)5/h7-9,14-16,19H,6,10-13H2,1-5H3. The van der Waals surface area contributed by atoms with Crippen LogP contribution in [0.1, 0.15) is 83.5 Å². The van der Waals surface area contributed by atoms with Crippen molar-refractivity contribution in [1.82, 2.24) is 0 Å². The molecule has 0 aromatic heterocycles. The molecule has 0 spiro atoms. The van der Waals surface area contributed by atoms with Crippen molar-refractivity contribution in [3.63, 3.8) is 0 Å². The van der Waals surface area contributed by atoms with Gasteiger partial charge < -0.3 is 4.74 Å². The van der Waals surface area contributed by atoms with Crippen molar-refractivity contribution in [1.29, 1.82) is 0 Å². The minimum Gasteiger partial charge on any atom is -0.374 e. The first-order valence-electron chi connectivity index (χ1n) is 8.63. The Morgan fingerprint density at radius 3 is 2.38 bits per heavy atom. The molecular formula is C20H32O. The summed E-state index contributed by atoms with van der Waals surface area (Å²) in [5.74, 6) is 1.64. The molecule has 1 unspecified atom stereocenters. The van der Waals surface area contributed by atoms with Crippen LogP contribution in [0.5, 0.6) is 0 Å². The summed E-state index contributed by atoms with van der Waals surface area (Å²) in [5, 5.41) is 0. The predicted molar refractivity (Wildman–Crippen MR) is 90.6 cm³/mol. The van der Waals surface area contributed by atoms with Crippen LogP contribution in [-0.4, -0.2) is 6.61 Å². The Labute approximate surface area is 131 Å². The SMILES string of the molecule is CCOC(C)c1cccc(C2CCC(C(C)(C)C)CC2)c1. The second kappa shape index (κ2) is 6.96. The number of hydrogen-bond acceptors (Lipinski definition) is 1. The zero-order valence-corrected chi connectivity index (χ0v) is 14.5. The van der Waals surface area contributed by atoms with E-state index in [1.165, 1.54) is 36.8 Å². The molecule has 1 nitrogen and oxygen atoms in total. The van der Waals surface area contributed by atoms with Crippen LogP contribution in [0.25, 0.3) is 0 Å². The topological polar surface area (TPSA) is 9.23 Å². The van der Waals surface area contributed by atoms with Crippen molar-refractivity contribution in [2.45, 2.75) is 72.3 Å². The summed E-state index contributed by atoms with van der Waals surface area (Å²) in [5.41, 5.74) is 3.31. The molecule has 1 aromatic rings. The maximum Gasteiger partial charge on any atom is 0.0796 e. The summed E-state index contributed by atoms with van der Waals surface area (Å²) in [6, 6.07) is 9.09. The molecule has 0 radical (unpaired) electrons. The van der Waals surface area contributed by atoms with Gasteiger partial charge in [-0.05, 0) is 67.9 Å². The van der Waals surface area contributed by atoms with E-state index in [1.54, 1.807) is 0 Å². The van der Waals surface area contributed by atoms with E-state index in [0.717, 1.165) is 18.4 Å². The first-order valence-corrected chi connectivity index (χ1v) is 8.63. The molecule has 1 fully saturated rings. The minimum atomic E-state index is 0.209. The molecule has 1 aliphatic rings. The number of hydrogen-bond donors (Lipinski definition) is 0. The van der Waals surface area contributed by atoms with Gasteiger partial charge >= 0.3 is 0 Å². The molecule has 1 saturated carbocycles. The fourth-order valence-electron chi connectivity index (χ4n) is 3.70. The van der Waals surface area contributed by atoms with E-state index in [-0.39, 0.29) is 6.10 Å². The van der Waals surface area contributed by atoms with E-state index in [0.29, 0.717) is 5.41 Å². The highest BCUT2D eigenvalue weighted by atomic mass is 16.5. The lowest BCUT2D eigenvalue weighted by Gasteiger charge is -2.37. The molecule has 2 rings (SSSR count). The van der Waals surface area contributed by atoms with Gasteiger partial charge in [0.2, 0.25) is 0 Å². The molecule has 1 aliphatic carbocycles. The molecule has 0 aliphatic heterocycles. The van der Waals surface area contributed by atoms with E-state index in [1.807, 2.05) is 0 Å². The van der Waals surface area contributed by atoms with E-state index >= 15 is 0 Å². The van der Waals surface area contributed by atoms with E-state index in [9.17, 15) is 0 Å². The van der Waals surface area contributed by atoms with Crippen LogP contribution in [0.4, 0.5) is 0 Å². The van der Waals surface area contributed by atoms with Crippen molar-refractivity contribution in [3.8, 4) is 0 Å². The highest BCUT2D eigenvalue weighted by Crippen LogP contribution is 2.43. The van der Waals surface area contributed by atoms with Gasteiger partial charge in [0.25, 0.3) is 0 Å². The first-order chi connectivity index (χ1) is 9.91. The number of ether oxygens (including phenoxy) is 1. The van der Waals surface area contributed by atoms with Crippen molar-refractivity contribution < 1.29 is 4.74 Å². The Balaban J connectivity index is 2.02. The average Bonchev–Trinajstić information content (AvgIpc) is 2.47. The minimum absolute atomic E-state index is 0.209. The van der Waals surface area contributed by atoms with Gasteiger partial charge in [0.1, 0.15) is 0 Å². The Morgan fingerprint density at radius 2 is 1.81 bits per heavy atom. The molecule has 0 amide bonds. The van der Waals surface area contributed by atoms with E-state index in [2.05, 4.69) is 58.9 Å². The Bertz CT molecular complexity index is 435. The fraction of sp³-hybridized carbons (Fsp3) is 0.700. The van der Waals surface area contributed by atoms with Crippen molar-refractivity contribution in [2.24, 2.45) is 11.3 Å². The maximum atomic E-state index is 5.73. The third kappa shape index (κ3) is 4.32. The van der Waals surface area contributed by atoms with Crippen molar-refractivity contribution in [2.75, 3.05) is 6.61 Å². The molecule has 0 saturated heterocycles. The van der Waals surface area contributed by atoms with Gasteiger partial charge in [-0.2, -0.15) is 0 Å². The highest BCUT2D eigenvalue weighted by Gasteiger charge is 2.30. The lowest BCUT2D eigenvalue weighted by atomic mass is 9.68. The molecule has 1 atom stereocenters. The lowest BCUT2D eigenvalue weighted by Crippen LogP contribution is -2.25. The summed E-state index contributed by atoms with van der Waals surface area (Å²) in [7, 11) is 0. The summed E-state index contributed by atoms with van der Waals surface area (Å²) < 4.78 is 5.73. The Morgan fingerprint density at radius 1 is 1.14 bits per heavy atom. The smallest absolute Gasteiger partial charge is 0.0796 e. The van der Waals surface area contributed by atoms with Gasteiger partial charge in [0.05, 0.1) is 6.10 Å². The molecule has 0 bridgehead atoms. The van der Waals surface area contributed by atoms with Gasteiger partial charge in [-0.15, -0.1) is 0 Å². The Hall–Kier alpha value is -0.820. The Kier molecular flexibility index (Phi) is 5.48. The van der Waals surface area contributed by atoms with E-state index < -0.39 is 0 Å². The normalized spacial score (nSPS) is 24.8. The summed E-state index contributed by atoms with van der Waals surface area (Å²) in [6.45, 7) is 12.2. The molecule has 0 heterocycles. The second-order valence-electron chi connectivity index (χ2n) is 7.68. The van der Waals surface area contributed by atoms with Crippen LogP contribution >= 0.6 is 0 Å².